The molecule has 0 fully saturated rings. The lowest BCUT2D eigenvalue weighted by Crippen LogP contribution is -2.37. The molecule has 0 spiro atoms. The third-order valence-electron chi connectivity index (χ3n) is 3.67. The van der Waals surface area contributed by atoms with Crippen molar-refractivity contribution in [2.24, 2.45) is 0 Å². The Morgan fingerprint density at radius 1 is 1.00 bits per heavy atom. The Morgan fingerprint density at radius 2 is 1.58 bits per heavy atom. The summed E-state index contributed by atoms with van der Waals surface area (Å²) < 4.78 is 0. The van der Waals surface area contributed by atoms with Gasteiger partial charge in [0.2, 0.25) is 0 Å². The van der Waals surface area contributed by atoms with E-state index in [1.807, 2.05) is 6.08 Å². The van der Waals surface area contributed by atoms with Crippen molar-refractivity contribution < 1.29 is 0 Å². The monoisotopic (exact) mass is 259 g/mol. The van der Waals surface area contributed by atoms with Crippen LogP contribution in [0.1, 0.15) is 51.7 Å². The van der Waals surface area contributed by atoms with Crippen LogP contribution in [0.15, 0.2) is 30.8 Å². The number of hydrogen-bond donors (Lipinski definition) is 0. The zero-order valence-corrected chi connectivity index (χ0v) is 13.0. The van der Waals surface area contributed by atoms with E-state index in [0.29, 0.717) is 12.1 Å². The van der Waals surface area contributed by atoms with Crippen molar-refractivity contribution in [1.82, 2.24) is 4.90 Å². The Kier molecular flexibility index (Phi) is 6.86. The molecule has 0 saturated heterocycles. The quantitative estimate of drug-likeness (QED) is 0.608. The van der Waals surface area contributed by atoms with Crippen molar-refractivity contribution in [3.8, 4) is 0 Å². The number of benzene rings is 1. The molecule has 19 heavy (non-hydrogen) atoms. The molecule has 0 aliphatic heterocycles. The summed E-state index contributed by atoms with van der Waals surface area (Å²) in [4.78, 5) is 2.57. The topological polar surface area (TPSA) is 3.24 Å². The van der Waals surface area contributed by atoms with E-state index in [9.17, 15) is 0 Å². The highest BCUT2D eigenvalue weighted by Crippen LogP contribution is 2.11. The second-order valence-electron chi connectivity index (χ2n) is 5.83. The van der Waals surface area contributed by atoms with E-state index in [1.54, 1.807) is 0 Å². The first kappa shape index (κ1) is 16.0. The molecular formula is C18H29N. The lowest BCUT2D eigenvalue weighted by Gasteiger charge is -2.30. The van der Waals surface area contributed by atoms with Gasteiger partial charge in [0.25, 0.3) is 0 Å². The molecular weight excluding hydrogens is 230 g/mol. The van der Waals surface area contributed by atoms with Gasteiger partial charge >= 0.3 is 0 Å². The molecule has 0 radical (unpaired) electrons. The molecule has 0 bridgehead atoms. The van der Waals surface area contributed by atoms with Crippen molar-refractivity contribution in [3.63, 3.8) is 0 Å². The molecule has 106 valence electrons. The second-order valence-corrected chi connectivity index (χ2v) is 5.83. The highest BCUT2D eigenvalue weighted by atomic mass is 15.2. The van der Waals surface area contributed by atoms with Crippen molar-refractivity contribution in [2.75, 3.05) is 6.54 Å². The van der Waals surface area contributed by atoms with Crippen LogP contribution in [0.5, 0.6) is 0 Å². The largest absolute Gasteiger partial charge is 0.299 e. The third-order valence-corrected chi connectivity index (χ3v) is 3.67. The summed E-state index contributed by atoms with van der Waals surface area (Å²) in [5.41, 5.74) is 2.64. The molecule has 0 unspecified atom stereocenters. The summed E-state index contributed by atoms with van der Waals surface area (Å²) in [7, 11) is 0. The lowest BCUT2D eigenvalue weighted by molar-refractivity contribution is 0.172. The standard InChI is InChI=1S/C18H29N/c1-6-17-10-12-18(13-11-17)9-7-8-14-19(15(2)3)16(4)5/h6,10-13,15-16H,1,7-9,14H2,2-5H3. The van der Waals surface area contributed by atoms with E-state index >= 15 is 0 Å². The van der Waals surface area contributed by atoms with Crippen LogP contribution in [0, 0.1) is 0 Å². The minimum absolute atomic E-state index is 0.645. The summed E-state index contributed by atoms with van der Waals surface area (Å²) in [5, 5.41) is 0. The van der Waals surface area contributed by atoms with Crippen LogP contribution < -0.4 is 0 Å². The minimum atomic E-state index is 0.645. The molecule has 0 saturated carbocycles. The van der Waals surface area contributed by atoms with Gasteiger partial charge in [0, 0.05) is 12.1 Å². The van der Waals surface area contributed by atoms with Gasteiger partial charge in [0.05, 0.1) is 0 Å². The maximum absolute atomic E-state index is 3.78. The average molecular weight is 259 g/mol. The number of hydrogen-bond acceptors (Lipinski definition) is 1. The Balaban J connectivity index is 2.31. The smallest absolute Gasteiger partial charge is 0.00412 e. The van der Waals surface area contributed by atoms with Gasteiger partial charge in [-0.2, -0.15) is 0 Å². The fourth-order valence-corrected chi connectivity index (χ4v) is 2.56. The van der Waals surface area contributed by atoms with Crippen LogP contribution in [0.4, 0.5) is 0 Å². The van der Waals surface area contributed by atoms with Crippen LogP contribution in [-0.2, 0) is 6.42 Å². The van der Waals surface area contributed by atoms with Gasteiger partial charge in [-0.1, -0.05) is 36.9 Å². The number of aryl methyl sites for hydroxylation is 1. The maximum atomic E-state index is 3.78. The molecule has 1 aromatic carbocycles. The van der Waals surface area contributed by atoms with Crippen molar-refractivity contribution >= 4 is 6.08 Å². The molecule has 0 atom stereocenters. The highest BCUT2D eigenvalue weighted by Gasteiger charge is 2.11. The Morgan fingerprint density at radius 3 is 2.05 bits per heavy atom. The molecule has 0 aliphatic rings. The number of unbranched alkanes of at least 4 members (excludes halogenated alkanes) is 1. The van der Waals surface area contributed by atoms with Crippen molar-refractivity contribution in [3.05, 3.63) is 42.0 Å². The fourth-order valence-electron chi connectivity index (χ4n) is 2.56. The van der Waals surface area contributed by atoms with E-state index < -0.39 is 0 Å². The summed E-state index contributed by atoms with van der Waals surface area (Å²) in [6.07, 6.45) is 5.62. The number of nitrogens with zero attached hydrogens (tertiary/aromatic N) is 1. The number of rotatable bonds is 8. The Bertz CT molecular complexity index is 354. The van der Waals surface area contributed by atoms with Gasteiger partial charge < -0.3 is 0 Å². The van der Waals surface area contributed by atoms with Crippen LogP contribution in [-0.4, -0.2) is 23.5 Å². The molecule has 0 heterocycles. The summed E-state index contributed by atoms with van der Waals surface area (Å²) in [6.45, 7) is 14.1. The van der Waals surface area contributed by atoms with Crippen LogP contribution >= 0.6 is 0 Å². The van der Waals surface area contributed by atoms with Gasteiger partial charge in [-0.25, -0.2) is 0 Å². The molecule has 0 amide bonds. The first-order chi connectivity index (χ1) is 9.04. The van der Waals surface area contributed by atoms with E-state index in [0.717, 1.165) is 0 Å². The second kappa shape index (κ2) is 8.16. The molecule has 0 aliphatic carbocycles. The van der Waals surface area contributed by atoms with Crippen LogP contribution in [0.3, 0.4) is 0 Å². The molecule has 1 heteroatoms. The van der Waals surface area contributed by atoms with E-state index in [-0.39, 0.29) is 0 Å². The van der Waals surface area contributed by atoms with Gasteiger partial charge in [0.1, 0.15) is 0 Å². The van der Waals surface area contributed by atoms with Crippen molar-refractivity contribution in [2.45, 2.75) is 59.0 Å². The fraction of sp³-hybridized carbons (Fsp3) is 0.556. The maximum Gasteiger partial charge on any atom is 0.00412 e. The SMILES string of the molecule is C=Cc1ccc(CCCCN(C(C)C)C(C)C)cc1. The van der Waals surface area contributed by atoms with E-state index in [2.05, 4.69) is 63.4 Å². The zero-order chi connectivity index (χ0) is 14.3. The lowest BCUT2D eigenvalue weighted by atomic mass is 10.1. The molecule has 0 N–H and O–H groups in total. The highest BCUT2D eigenvalue weighted by molar-refractivity contribution is 5.47. The van der Waals surface area contributed by atoms with Gasteiger partial charge in [-0.05, 0) is 64.6 Å². The molecule has 1 nitrogen and oxygen atoms in total. The van der Waals surface area contributed by atoms with E-state index in [4.69, 9.17) is 0 Å². The summed E-state index contributed by atoms with van der Waals surface area (Å²) in [6, 6.07) is 10.0. The van der Waals surface area contributed by atoms with Crippen LogP contribution in [0.2, 0.25) is 0 Å². The molecule has 1 rings (SSSR count). The first-order valence-corrected chi connectivity index (χ1v) is 7.51. The van der Waals surface area contributed by atoms with Gasteiger partial charge in [0.15, 0.2) is 0 Å². The molecule has 1 aromatic rings. The summed E-state index contributed by atoms with van der Waals surface area (Å²) in [5.74, 6) is 0. The zero-order valence-electron chi connectivity index (χ0n) is 13.0. The summed E-state index contributed by atoms with van der Waals surface area (Å²) >= 11 is 0. The first-order valence-electron chi connectivity index (χ1n) is 7.51. The molecule has 0 aromatic heterocycles. The predicted molar refractivity (Wildman–Crippen MR) is 86.4 cm³/mol. The minimum Gasteiger partial charge on any atom is -0.299 e. The van der Waals surface area contributed by atoms with Gasteiger partial charge in [-0.15, -0.1) is 0 Å². The Hall–Kier alpha value is -1.08. The van der Waals surface area contributed by atoms with Crippen LogP contribution in [0.25, 0.3) is 6.08 Å². The van der Waals surface area contributed by atoms with Gasteiger partial charge in [-0.3, -0.25) is 4.90 Å². The third kappa shape index (κ3) is 5.61. The normalized spacial score (nSPS) is 11.5. The predicted octanol–water partition coefficient (Wildman–Crippen LogP) is 4.77. The Labute approximate surface area is 119 Å². The van der Waals surface area contributed by atoms with Crippen molar-refractivity contribution in [1.29, 1.82) is 0 Å². The average Bonchev–Trinajstić information content (AvgIpc) is 2.38. The van der Waals surface area contributed by atoms with E-state index in [1.165, 1.54) is 36.9 Å².